The Morgan fingerprint density at radius 2 is 2.10 bits per heavy atom. The molecule has 0 fully saturated rings. The molecule has 0 saturated carbocycles. The molecule has 5 nitrogen and oxygen atoms in total. The number of carboxylic acids is 1. The van der Waals surface area contributed by atoms with Gasteiger partial charge in [0.15, 0.2) is 0 Å². The zero-order chi connectivity index (χ0) is 14.9. The molecule has 0 saturated heterocycles. The molecule has 0 aliphatic heterocycles. The van der Waals surface area contributed by atoms with Crippen molar-refractivity contribution in [2.75, 3.05) is 0 Å². The number of halogens is 1. The van der Waals surface area contributed by atoms with Gasteiger partial charge in [0.25, 0.3) is 0 Å². The van der Waals surface area contributed by atoms with Gasteiger partial charge in [-0.15, -0.1) is 0 Å². The number of hydrogen-bond acceptors (Lipinski definition) is 3. The van der Waals surface area contributed by atoms with Crippen molar-refractivity contribution in [1.29, 1.82) is 0 Å². The largest absolute Gasteiger partial charge is 0.481 e. The lowest BCUT2D eigenvalue weighted by molar-refractivity contribution is -0.136. The van der Waals surface area contributed by atoms with Crippen LogP contribution in [0.2, 0.25) is 0 Å². The Labute approximate surface area is 129 Å². The maximum Gasteiger partial charge on any atom is 0.352 e. The topological polar surface area (TPSA) is 72.2 Å². The standard InChI is InChI=1S/C14H13IN2O3/c1-8-12(7-13(18)19)9(2)17(14(20)16-8)11-5-3-4-10(15)6-11/h3-6H,7H2,1-2H3,(H,18,19). The number of aryl methyl sites for hydroxylation is 1. The first-order chi connectivity index (χ1) is 9.40. The van der Waals surface area contributed by atoms with E-state index in [9.17, 15) is 9.59 Å². The third-order valence-electron chi connectivity index (χ3n) is 3.06. The predicted molar refractivity (Wildman–Crippen MR) is 83.4 cm³/mol. The van der Waals surface area contributed by atoms with Gasteiger partial charge in [0.1, 0.15) is 0 Å². The molecule has 0 aliphatic carbocycles. The average molecular weight is 384 g/mol. The molecule has 1 heterocycles. The van der Waals surface area contributed by atoms with E-state index in [1.807, 2.05) is 18.2 Å². The Hall–Kier alpha value is -1.70. The van der Waals surface area contributed by atoms with Crippen LogP contribution in [-0.2, 0) is 11.2 Å². The molecule has 0 unspecified atom stereocenters. The number of aliphatic carboxylic acids is 1. The van der Waals surface area contributed by atoms with Gasteiger partial charge in [-0.05, 0) is 54.6 Å². The number of nitrogens with zero attached hydrogens (tertiary/aromatic N) is 2. The Morgan fingerprint density at radius 1 is 1.40 bits per heavy atom. The molecule has 1 aromatic heterocycles. The van der Waals surface area contributed by atoms with E-state index in [1.54, 1.807) is 19.9 Å². The zero-order valence-corrected chi connectivity index (χ0v) is 13.2. The molecule has 0 atom stereocenters. The van der Waals surface area contributed by atoms with Gasteiger partial charge in [0.2, 0.25) is 0 Å². The first-order valence-electron chi connectivity index (χ1n) is 5.97. The van der Waals surface area contributed by atoms with Crippen molar-refractivity contribution in [2.45, 2.75) is 20.3 Å². The second-order valence-electron chi connectivity index (χ2n) is 4.43. The van der Waals surface area contributed by atoms with E-state index in [-0.39, 0.29) is 6.42 Å². The fourth-order valence-corrected chi connectivity index (χ4v) is 2.65. The highest BCUT2D eigenvalue weighted by Crippen LogP contribution is 2.16. The molecule has 0 bridgehead atoms. The normalized spacial score (nSPS) is 10.6. The number of rotatable bonds is 3. The van der Waals surface area contributed by atoms with Crippen LogP contribution in [0.3, 0.4) is 0 Å². The first-order valence-corrected chi connectivity index (χ1v) is 7.05. The van der Waals surface area contributed by atoms with Crippen molar-refractivity contribution in [2.24, 2.45) is 0 Å². The highest BCUT2D eigenvalue weighted by molar-refractivity contribution is 14.1. The lowest BCUT2D eigenvalue weighted by atomic mass is 10.1. The molecule has 1 N–H and O–H groups in total. The molecule has 0 spiro atoms. The highest BCUT2D eigenvalue weighted by atomic mass is 127. The van der Waals surface area contributed by atoms with E-state index in [1.165, 1.54) is 4.57 Å². The number of hydrogen-bond donors (Lipinski definition) is 1. The molecule has 20 heavy (non-hydrogen) atoms. The van der Waals surface area contributed by atoms with Crippen LogP contribution in [0.5, 0.6) is 0 Å². The monoisotopic (exact) mass is 384 g/mol. The van der Waals surface area contributed by atoms with Crippen molar-refractivity contribution < 1.29 is 9.90 Å². The van der Waals surface area contributed by atoms with E-state index in [0.29, 0.717) is 22.6 Å². The van der Waals surface area contributed by atoms with Gasteiger partial charge in [-0.3, -0.25) is 9.36 Å². The van der Waals surface area contributed by atoms with E-state index in [4.69, 9.17) is 5.11 Å². The fourth-order valence-electron chi connectivity index (χ4n) is 2.13. The Balaban J connectivity index is 2.70. The fraction of sp³-hybridized carbons (Fsp3) is 0.214. The van der Waals surface area contributed by atoms with Crippen LogP contribution in [0.25, 0.3) is 5.69 Å². The molecule has 104 valence electrons. The van der Waals surface area contributed by atoms with Gasteiger partial charge >= 0.3 is 11.7 Å². The van der Waals surface area contributed by atoms with Gasteiger partial charge in [0.05, 0.1) is 12.1 Å². The van der Waals surface area contributed by atoms with Crippen molar-refractivity contribution in [1.82, 2.24) is 9.55 Å². The minimum absolute atomic E-state index is 0.144. The molecule has 0 amide bonds. The summed E-state index contributed by atoms with van der Waals surface area (Å²) in [5, 5.41) is 8.97. The predicted octanol–water partition coefficient (Wildman–Crippen LogP) is 2.08. The summed E-state index contributed by atoms with van der Waals surface area (Å²) in [6.45, 7) is 3.40. The summed E-state index contributed by atoms with van der Waals surface area (Å²) in [5.41, 5.74) is 1.97. The van der Waals surface area contributed by atoms with Crippen molar-refractivity contribution in [3.05, 3.63) is 55.3 Å². The smallest absolute Gasteiger partial charge is 0.352 e. The quantitative estimate of drug-likeness (QED) is 0.823. The van der Waals surface area contributed by atoms with Crippen LogP contribution < -0.4 is 5.69 Å². The minimum atomic E-state index is -0.939. The van der Waals surface area contributed by atoms with E-state index in [2.05, 4.69) is 27.6 Å². The van der Waals surface area contributed by atoms with Crippen LogP contribution in [0.15, 0.2) is 29.1 Å². The molecule has 2 aromatic rings. The second kappa shape index (κ2) is 5.74. The van der Waals surface area contributed by atoms with Crippen molar-refractivity contribution in [3.63, 3.8) is 0 Å². The van der Waals surface area contributed by atoms with Crippen LogP contribution in [-0.4, -0.2) is 20.6 Å². The van der Waals surface area contributed by atoms with Crippen LogP contribution in [0.1, 0.15) is 17.0 Å². The van der Waals surface area contributed by atoms with Gasteiger partial charge in [-0.2, -0.15) is 4.98 Å². The summed E-state index contributed by atoms with van der Waals surface area (Å²) in [5.74, 6) is -0.939. The third kappa shape index (κ3) is 2.90. The summed E-state index contributed by atoms with van der Waals surface area (Å²) in [7, 11) is 0. The summed E-state index contributed by atoms with van der Waals surface area (Å²) < 4.78 is 2.44. The van der Waals surface area contributed by atoms with Gasteiger partial charge in [0, 0.05) is 20.5 Å². The third-order valence-corrected chi connectivity index (χ3v) is 3.73. The summed E-state index contributed by atoms with van der Waals surface area (Å²) in [6, 6.07) is 7.43. The first kappa shape index (κ1) is 14.7. The maximum absolute atomic E-state index is 12.1. The van der Waals surface area contributed by atoms with Gasteiger partial charge in [-0.1, -0.05) is 6.07 Å². The molecule has 2 rings (SSSR count). The van der Waals surface area contributed by atoms with Gasteiger partial charge < -0.3 is 5.11 Å². The molecular weight excluding hydrogens is 371 g/mol. The summed E-state index contributed by atoms with van der Waals surface area (Å²) >= 11 is 2.16. The minimum Gasteiger partial charge on any atom is -0.481 e. The number of aromatic nitrogens is 2. The summed E-state index contributed by atoms with van der Waals surface area (Å²) in [6.07, 6.45) is -0.144. The Morgan fingerprint density at radius 3 is 2.70 bits per heavy atom. The van der Waals surface area contributed by atoms with Crippen LogP contribution >= 0.6 is 22.6 Å². The molecule has 1 aromatic carbocycles. The van der Waals surface area contributed by atoms with Gasteiger partial charge in [-0.25, -0.2) is 4.79 Å². The lowest BCUT2D eigenvalue weighted by Crippen LogP contribution is -2.27. The van der Waals surface area contributed by atoms with Crippen LogP contribution in [0.4, 0.5) is 0 Å². The number of carboxylic acid groups (broad SMARTS) is 1. The molecule has 0 radical (unpaired) electrons. The summed E-state index contributed by atoms with van der Waals surface area (Å²) in [4.78, 5) is 27.0. The van der Waals surface area contributed by atoms with Crippen LogP contribution in [0, 0.1) is 17.4 Å². The SMILES string of the molecule is Cc1nc(=O)n(-c2cccc(I)c2)c(C)c1CC(=O)O. The molecular formula is C14H13IN2O3. The molecule has 6 heteroatoms. The molecule has 0 aliphatic rings. The van der Waals surface area contributed by atoms with Crippen molar-refractivity contribution in [3.8, 4) is 5.69 Å². The van der Waals surface area contributed by atoms with Crippen molar-refractivity contribution >= 4 is 28.6 Å². The Kier molecular flexibility index (Phi) is 4.22. The Bertz CT molecular complexity index is 738. The van der Waals surface area contributed by atoms with E-state index in [0.717, 1.165) is 3.57 Å². The number of carbonyl (C=O) groups is 1. The second-order valence-corrected chi connectivity index (χ2v) is 5.68. The number of benzene rings is 1. The maximum atomic E-state index is 12.1. The van der Waals surface area contributed by atoms with E-state index >= 15 is 0 Å². The average Bonchev–Trinajstić information content (AvgIpc) is 2.34. The zero-order valence-electron chi connectivity index (χ0n) is 11.1. The lowest BCUT2D eigenvalue weighted by Gasteiger charge is -2.14. The highest BCUT2D eigenvalue weighted by Gasteiger charge is 2.15. The van der Waals surface area contributed by atoms with E-state index < -0.39 is 11.7 Å².